The molecule has 0 radical (unpaired) electrons. The third-order valence-corrected chi connectivity index (χ3v) is 5.64. The Bertz CT molecular complexity index is 777. The topological polar surface area (TPSA) is 55.6 Å². The van der Waals surface area contributed by atoms with Crippen LogP contribution in [0.5, 0.6) is 0 Å². The Hall–Kier alpha value is -1.88. The molecule has 4 nitrogen and oxygen atoms in total. The lowest BCUT2D eigenvalue weighted by Gasteiger charge is -2.28. The predicted molar refractivity (Wildman–Crippen MR) is 113 cm³/mol. The Kier molecular flexibility index (Phi) is 7.49. The molecule has 1 aliphatic carbocycles. The summed E-state index contributed by atoms with van der Waals surface area (Å²) in [5.41, 5.74) is 9.30. The molecule has 28 heavy (non-hydrogen) atoms. The van der Waals surface area contributed by atoms with Crippen LogP contribution in [-0.4, -0.2) is 37.1 Å². The van der Waals surface area contributed by atoms with Gasteiger partial charge in [-0.3, -0.25) is 4.79 Å². The van der Waals surface area contributed by atoms with Gasteiger partial charge in [0.05, 0.1) is 12.5 Å². The van der Waals surface area contributed by atoms with Crippen LogP contribution in [0.1, 0.15) is 29.5 Å². The number of amides is 1. The van der Waals surface area contributed by atoms with Gasteiger partial charge in [0.2, 0.25) is 5.91 Å². The molecule has 1 atom stereocenters. The smallest absolute Gasteiger partial charge is 0.227 e. The number of hydrogen-bond acceptors (Lipinski definition) is 3. The van der Waals surface area contributed by atoms with Crippen molar-refractivity contribution in [3.63, 3.8) is 0 Å². The van der Waals surface area contributed by atoms with E-state index in [1.807, 2.05) is 47.4 Å². The fraction of sp³-hybridized carbons (Fsp3) is 0.435. The average molecular weight is 401 g/mol. The summed E-state index contributed by atoms with van der Waals surface area (Å²) in [6, 6.07) is 16.4. The fourth-order valence-electron chi connectivity index (χ4n) is 3.49. The molecule has 150 valence electrons. The number of carbonyl (C=O) groups is 1. The van der Waals surface area contributed by atoms with Gasteiger partial charge in [-0.15, -0.1) is 0 Å². The zero-order chi connectivity index (χ0) is 19.9. The van der Waals surface area contributed by atoms with E-state index in [-0.39, 0.29) is 11.8 Å². The second kappa shape index (κ2) is 10.1. The molecule has 2 aromatic carbocycles. The minimum absolute atomic E-state index is 0.132. The summed E-state index contributed by atoms with van der Waals surface area (Å²) in [4.78, 5) is 15.3. The summed E-state index contributed by atoms with van der Waals surface area (Å²) in [6.45, 7) is 1.55. The van der Waals surface area contributed by atoms with E-state index in [9.17, 15) is 4.79 Å². The van der Waals surface area contributed by atoms with Crippen LogP contribution in [-0.2, 0) is 28.9 Å². The first-order valence-electron chi connectivity index (χ1n) is 9.93. The van der Waals surface area contributed by atoms with Crippen LogP contribution in [0, 0.1) is 5.92 Å². The molecule has 0 spiro atoms. The molecular formula is C23H29ClN2O2. The van der Waals surface area contributed by atoms with Gasteiger partial charge in [0, 0.05) is 31.3 Å². The Morgan fingerprint density at radius 1 is 1.21 bits per heavy atom. The maximum absolute atomic E-state index is 13.3. The highest BCUT2D eigenvalue weighted by molar-refractivity contribution is 6.31. The van der Waals surface area contributed by atoms with E-state index in [1.54, 1.807) is 7.11 Å². The quantitative estimate of drug-likeness (QED) is 0.659. The molecule has 1 fully saturated rings. The van der Waals surface area contributed by atoms with E-state index in [2.05, 4.69) is 6.07 Å². The number of benzene rings is 2. The van der Waals surface area contributed by atoms with Gasteiger partial charge in [-0.05, 0) is 48.4 Å². The first kappa shape index (κ1) is 20.8. The van der Waals surface area contributed by atoms with Crippen molar-refractivity contribution in [3.8, 4) is 0 Å². The molecule has 5 heteroatoms. The van der Waals surface area contributed by atoms with E-state index in [0.717, 1.165) is 30.4 Å². The number of nitrogens with two attached hydrogens (primary N) is 1. The summed E-state index contributed by atoms with van der Waals surface area (Å²) in [5, 5.41) is 0.701. The molecule has 3 rings (SSSR count). The van der Waals surface area contributed by atoms with Gasteiger partial charge >= 0.3 is 0 Å². The molecule has 1 aliphatic rings. The molecule has 0 bridgehead atoms. The number of methoxy groups -OCH3 is 1. The maximum atomic E-state index is 13.3. The van der Waals surface area contributed by atoms with Gasteiger partial charge in [-0.25, -0.2) is 0 Å². The maximum Gasteiger partial charge on any atom is 0.227 e. The van der Waals surface area contributed by atoms with Gasteiger partial charge < -0.3 is 15.4 Å². The third-order valence-electron chi connectivity index (χ3n) is 5.28. The van der Waals surface area contributed by atoms with Crippen molar-refractivity contribution in [2.45, 2.75) is 38.3 Å². The highest BCUT2D eigenvalue weighted by Crippen LogP contribution is 2.32. The Labute approximate surface area is 172 Å². The van der Waals surface area contributed by atoms with Crippen molar-refractivity contribution in [1.29, 1.82) is 0 Å². The number of halogens is 1. The minimum atomic E-state index is -0.210. The van der Waals surface area contributed by atoms with Crippen LogP contribution in [0.4, 0.5) is 0 Å². The van der Waals surface area contributed by atoms with E-state index in [0.29, 0.717) is 37.2 Å². The van der Waals surface area contributed by atoms with Crippen molar-refractivity contribution in [1.82, 2.24) is 4.90 Å². The highest BCUT2D eigenvalue weighted by atomic mass is 35.5. The van der Waals surface area contributed by atoms with Gasteiger partial charge in [0.25, 0.3) is 0 Å². The van der Waals surface area contributed by atoms with Crippen LogP contribution >= 0.6 is 11.6 Å². The van der Waals surface area contributed by atoms with Crippen molar-refractivity contribution in [2.24, 2.45) is 11.7 Å². The molecule has 0 heterocycles. The number of hydrogen-bond donors (Lipinski definition) is 1. The van der Waals surface area contributed by atoms with Gasteiger partial charge in [-0.1, -0.05) is 54.1 Å². The third kappa shape index (κ3) is 5.57. The minimum Gasteiger partial charge on any atom is -0.384 e. The van der Waals surface area contributed by atoms with Crippen molar-refractivity contribution >= 4 is 17.5 Å². The second-order valence-corrected chi connectivity index (χ2v) is 7.90. The molecule has 1 saturated carbocycles. The van der Waals surface area contributed by atoms with Gasteiger partial charge in [0.1, 0.15) is 0 Å². The molecule has 0 aromatic heterocycles. The number of rotatable bonds is 10. The van der Waals surface area contributed by atoms with E-state index in [4.69, 9.17) is 22.1 Å². The van der Waals surface area contributed by atoms with Crippen LogP contribution < -0.4 is 5.73 Å². The second-order valence-electron chi connectivity index (χ2n) is 7.49. The first-order valence-corrected chi connectivity index (χ1v) is 10.3. The van der Waals surface area contributed by atoms with Crippen molar-refractivity contribution in [3.05, 3.63) is 70.2 Å². The molecule has 0 unspecified atom stereocenters. The summed E-state index contributed by atoms with van der Waals surface area (Å²) < 4.78 is 5.17. The highest BCUT2D eigenvalue weighted by Gasteiger charge is 2.35. The molecule has 2 N–H and O–H groups in total. The fourth-order valence-corrected chi connectivity index (χ4v) is 3.66. The van der Waals surface area contributed by atoms with E-state index in [1.165, 1.54) is 5.56 Å². The molecule has 2 aromatic rings. The standard InChI is InChI=1S/C23H29ClN2O2/c1-28-12-11-18-7-10-22(24)20(14-18)16-26(21-8-9-21)23(27)19(15-25)13-17-5-3-2-4-6-17/h2-7,10,14,19,21H,8-9,11-13,15-16,25H2,1H3/t19-/m1/s1. The lowest BCUT2D eigenvalue weighted by atomic mass is 9.97. The molecule has 0 aliphatic heterocycles. The molecule has 0 saturated heterocycles. The lowest BCUT2D eigenvalue weighted by molar-refractivity contribution is -0.136. The Morgan fingerprint density at radius 2 is 1.96 bits per heavy atom. The monoisotopic (exact) mass is 400 g/mol. The van der Waals surface area contributed by atoms with Gasteiger partial charge in [-0.2, -0.15) is 0 Å². The summed E-state index contributed by atoms with van der Waals surface area (Å²) in [6.07, 6.45) is 3.60. The number of carbonyl (C=O) groups excluding carboxylic acids is 1. The van der Waals surface area contributed by atoms with Crippen molar-refractivity contribution < 1.29 is 9.53 Å². The summed E-state index contributed by atoms with van der Waals surface area (Å²) in [7, 11) is 1.70. The average Bonchev–Trinajstić information content (AvgIpc) is 3.56. The summed E-state index contributed by atoms with van der Waals surface area (Å²) >= 11 is 6.45. The first-order chi connectivity index (χ1) is 13.6. The largest absolute Gasteiger partial charge is 0.384 e. The molecular weight excluding hydrogens is 372 g/mol. The lowest BCUT2D eigenvalue weighted by Crippen LogP contribution is -2.41. The Morgan fingerprint density at radius 3 is 2.61 bits per heavy atom. The number of ether oxygens (including phenoxy) is 1. The van der Waals surface area contributed by atoms with Crippen LogP contribution in [0.3, 0.4) is 0 Å². The van der Waals surface area contributed by atoms with Crippen LogP contribution in [0.15, 0.2) is 48.5 Å². The van der Waals surface area contributed by atoms with Crippen LogP contribution in [0.2, 0.25) is 5.02 Å². The van der Waals surface area contributed by atoms with E-state index >= 15 is 0 Å². The zero-order valence-corrected chi connectivity index (χ0v) is 17.2. The van der Waals surface area contributed by atoms with E-state index < -0.39 is 0 Å². The Balaban J connectivity index is 1.75. The van der Waals surface area contributed by atoms with Crippen LogP contribution in [0.25, 0.3) is 0 Å². The van der Waals surface area contributed by atoms with Crippen molar-refractivity contribution in [2.75, 3.05) is 20.3 Å². The SMILES string of the molecule is COCCc1ccc(Cl)c(CN(C(=O)[C@@H](CN)Cc2ccccc2)C2CC2)c1. The zero-order valence-electron chi connectivity index (χ0n) is 16.4. The number of nitrogens with zero attached hydrogens (tertiary/aromatic N) is 1. The van der Waals surface area contributed by atoms with Gasteiger partial charge in [0.15, 0.2) is 0 Å². The predicted octanol–water partition coefficient (Wildman–Crippen LogP) is 3.84. The summed E-state index contributed by atoms with van der Waals surface area (Å²) in [5.74, 6) is -0.0781. The normalized spacial score (nSPS) is 14.7. The molecule has 1 amide bonds.